The van der Waals surface area contributed by atoms with Gasteiger partial charge in [0.25, 0.3) is 0 Å². The standard InChI is InChI=1S/C25H23N3O2/c1-24-18-14-15-19(28-23(30)26(3)22(29)27(18)28)25(24,2)21(17-12-8-5-9-13-17)20(24)16-10-6-4-7-11-16/h4-15,18-19H,1-3H3/t18-,19-,24-,25-/m0/s1. The van der Waals surface area contributed by atoms with E-state index in [4.69, 9.17) is 0 Å². The molecule has 0 amide bonds. The summed E-state index contributed by atoms with van der Waals surface area (Å²) >= 11 is 0. The fourth-order valence-electron chi connectivity index (χ4n) is 6.31. The normalized spacial score (nSPS) is 30.8. The summed E-state index contributed by atoms with van der Waals surface area (Å²) in [5.41, 5.74) is 3.78. The maximum Gasteiger partial charge on any atom is 0.347 e. The van der Waals surface area contributed by atoms with Crippen LogP contribution < -0.4 is 11.4 Å². The van der Waals surface area contributed by atoms with Crippen LogP contribution in [0.2, 0.25) is 0 Å². The Bertz CT molecular complexity index is 1270. The van der Waals surface area contributed by atoms with Crippen LogP contribution in [-0.2, 0) is 7.05 Å². The molecule has 0 spiro atoms. The van der Waals surface area contributed by atoms with Crippen molar-refractivity contribution >= 4 is 11.1 Å². The van der Waals surface area contributed by atoms with Gasteiger partial charge in [0, 0.05) is 17.9 Å². The molecule has 3 heterocycles. The molecule has 4 atom stereocenters. The quantitative estimate of drug-likeness (QED) is 0.620. The Hall–Kier alpha value is -3.34. The minimum absolute atomic E-state index is 0.212. The van der Waals surface area contributed by atoms with Crippen LogP contribution in [0, 0.1) is 10.8 Å². The van der Waals surface area contributed by atoms with Gasteiger partial charge in [-0.1, -0.05) is 86.7 Å². The highest BCUT2D eigenvalue weighted by Crippen LogP contribution is 2.77. The second-order valence-electron chi connectivity index (χ2n) is 8.97. The van der Waals surface area contributed by atoms with Crippen LogP contribution >= 0.6 is 0 Å². The van der Waals surface area contributed by atoms with Crippen molar-refractivity contribution in [2.75, 3.05) is 0 Å². The molecule has 0 fully saturated rings. The summed E-state index contributed by atoms with van der Waals surface area (Å²) in [7, 11) is 1.57. The highest BCUT2D eigenvalue weighted by Gasteiger charge is 2.70. The molecule has 0 N–H and O–H groups in total. The molecule has 150 valence electrons. The van der Waals surface area contributed by atoms with Crippen molar-refractivity contribution in [3.63, 3.8) is 0 Å². The van der Waals surface area contributed by atoms with Gasteiger partial charge in [0.15, 0.2) is 0 Å². The van der Waals surface area contributed by atoms with Gasteiger partial charge in [-0.2, -0.15) is 0 Å². The van der Waals surface area contributed by atoms with E-state index in [-0.39, 0.29) is 34.3 Å². The first-order chi connectivity index (χ1) is 14.4. The largest absolute Gasteiger partial charge is 0.347 e. The van der Waals surface area contributed by atoms with Gasteiger partial charge in [0.1, 0.15) is 0 Å². The molecule has 2 aromatic carbocycles. The molecular weight excluding hydrogens is 374 g/mol. The topological polar surface area (TPSA) is 48.9 Å². The molecule has 0 saturated carbocycles. The van der Waals surface area contributed by atoms with E-state index in [2.05, 4.69) is 74.5 Å². The lowest BCUT2D eigenvalue weighted by molar-refractivity contribution is -0.000469. The molecule has 1 aromatic heterocycles. The maximum absolute atomic E-state index is 13.0. The monoisotopic (exact) mass is 397 g/mol. The number of allylic oxidation sites excluding steroid dienone is 4. The summed E-state index contributed by atoms with van der Waals surface area (Å²) < 4.78 is 4.59. The van der Waals surface area contributed by atoms with E-state index in [0.717, 1.165) is 0 Å². The van der Waals surface area contributed by atoms with Crippen LogP contribution in [0.25, 0.3) is 11.1 Å². The minimum atomic E-state index is -0.309. The van der Waals surface area contributed by atoms with Crippen LogP contribution in [0.5, 0.6) is 0 Å². The van der Waals surface area contributed by atoms with Crippen LogP contribution in [0.3, 0.4) is 0 Å². The molecule has 0 saturated heterocycles. The van der Waals surface area contributed by atoms with E-state index in [1.807, 2.05) is 12.1 Å². The van der Waals surface area contributed by atoms with Crippen molar-refractivity contribution in [1.82, 2.24) is 13.9 Å². The molecule has 7 rings (SSSR count). The molecule has 5 heteroatoms. The number of benzene rings is 2. The van der Waals surface area contributed by atoms with Gasteiger partial charge < -0.3 is 0 Å². The van der Waals surface area contributed by atoms with Crippen LogP contribution in [-0.4, -0.2) is 13.9 Å². The molecule has 4 aliphatic rings. The Morgan fingerprint density at radius 1 is 0.667 bits per heavy atom. The van der Waals surface area contributed by atoms with Gasteiger partial charge >= 0.3 is 11.4 Å². The lowest BCUT2D eigenvalue weighted by Crippen LogP contribution is -2.65. The third-order valence-corrected chi connectivity index (χ3v) is 7.88. The second-order valence-corrected chi connectivity index (χ2v) is 8.97. The van der Waals surface area contributed by atoms with Crippen LogP contribution in [0.1, 0.15) is 37.1 Å². The lowest BCUT2D eigenvalue weighted by atomic mass is 9.39. The molecule has 2 aliphatic carbocycles. The zero-order valence-corrected chi connectivity index (χ0v) is 17.2. The summed E-state index contributed by atoms with van der Waals surface area (Å²) in [6, 6.07) is 20.5. The van der Waals surface area contributed by atoms with Gasteiger partial charge in [-0.05, 0) is 22.3 Å². The first kappa shape index (κ1) is 17.5. The summed E-state index contributed by atoms with van der Waals surface area (Å²) in [6.45, 7) is 4.52. The fraction of sp³-hybridized carbons (Fsp3) is 0.280. The second kappa shape index (κ2) is 5.42. The third-order valence-electron chi connectivity index (χ3n) is 7.88. The predicted molar refractivity (Wildman–Crippen MR) is 117 cm³/mol. The van der Waals surface area contributed by atoms with Crippen molar-refractivity contribution in [2.45, 2.75) is 25.9 Å². The minimum Gasteiger partial charge on any atom is -0.246 e. The molecule has 2 aliphatic heterocycles. The van der Waals surface area contributed by atoms with Crippen LogP contribution in [0.4, 0.5) is 0 Å². The molecule has 2 bridgehead atoms. The van der Waals surface area contributed by atoms with Gasteiger partial charge in [0.2, 0.25) is 0 Å². The summed E-state index contributed by atoms with van der Waals surface area (Å²) in [5, 5.41) is 0. The average Bonchev–Trinajstić information content (AvgIpc) is 3.00. The molecule has 0 unspecified atom stereocenters. The molecule has 5 nitrogen and oxygen atoms in total. The summed E-state index contributed by atoms with van der Waals surface area (Å²) in [5.74, 6) is 0. The SMILES string of the molecule is Cn1c(=O)n2n(c1=O)[C@H]1C=C[C@H]2[C@@]2(C)C(c3ccccc3)=C(c3ccccc3)[C@]12C. The number of hydrogen-bond donors (Lipinski definition) is 0. The average molecular weight is 397 g/mol. The van der Waals surface area contributed by atoms with Crippen molar-refractivity contribution in [3.05, 3.63) is 105 Å². The summed E-state index contributed by atoms with van der Waals surface area (Å²) in [6.07, 6.45) is 4.25. The van der Waals surface area contributed by atoms with E-state index in [0.29, 0.717) is 0 Å². The van der Waals surface area contributed by atoms with E-state index >= 15 is 0 Å². The number of rotatable bonds is 2. The van der Waals surface area contributed by atoms with E-state index < -0.39 is 0 Å². The van der Waals surface area contributed by atoms with Crippen LogP contribution in [0.15, 0.2) is 82.4 Å². The van der Waals surface area contributed by atoms with Crippen molar-refractivity contribution in [1.29, 1.82) is 0 Å². The highest BCUT2D eigenvalue weighted by atomic mass is 16.2. The molecule has 30 heavy (non-hydrogen) atoms. The van der Waals surface area contributed by atoms with E-state index in [1.165, 1.54) is 26.8 Å². The Morgan fingerprint density at radius 3 is 1.40 bits per heavy atom. The third kappa shape index (κ3) is 1.68. The fourth-order valence-corrected chi connectivity index (χ4v) is 6.31. The van der Waals surface area contributed by atoms with Gasteiger partial charge in [0.05, 0.1) is 12.1 Å². The zero-order chi connectivity index (χ0) is 20.8. The first-order valence-corrected chi connectivity index (χ1v) is 10.4. The maximum atomic E-state index is 13.0. The summed E-state index contributed by atoms with van der Waals surface area (Å²) in [4.78, 5) is 26.0. The Kier molecular flexibility index (Phi) is 3.16. The van der Waals surface area contributed by atoms with Crippen molar-refractivity contribution < 1.29 is 0 Å². The van der Waals surface area contributed by atoms with E-state index in [9.17, 15) is 9.59 Å². The highest BCUT2D eigenvalue weighted by molar-refractivity contribution is 6.05. The molecule has 3 aromatic rings. The molecular formula is C25H23N3O2. The number of hydrogen-bond acceptors (Lipinski definition) is 2. The van der Waals surface area contributed by atoms with Crippen molar-refractivity contribution in [3.8, 4) is 0 Å². The molecule has 0 radical (unpaired) electrons. The first-order valence-electron chi connectivity index (χ1n) is 10.4. The van der Waals surface area contributed by atoms with Gasteiger partial charge in [-0.3, -0.25) is 0 Å². The Balaban J connectivity index is 1.73. The Morgan fingerprint density at radius 2 is 1.03 bits per heavy atom. The predicted octanol–water partition coefficient (Wildman–Crippen LogP) is 3.65. The smallest absolute Gasteiger partial charge is 0.246 e. The number of nitrogens with zero attached hydrogens (tertiary/aromatic N) is 3. The van der Waals surface area contributed by atoms with Gasteiger partial charge in [-0.15, -0.1) is 0 Å². The Labute approximate surface area is 174 Å². The van der Waals surface area contributed by atoms with E-state index in [1.54, 1.807) is 16.4 Å². The lowest BCUT2D eigenvalue weighted by Gasteiger charge is -2.68. The van der Waals surface area contributed by atoms with Crippen molar-refractivity contribution in [2.24, 2.45) is 17.9 Å². The zero-order valence-electron chi connectivity index (χ0n) is 17.2. The number of aromatic nitrogens is 3. The van der Waals surface area contributed by atoms with Gasteiger partial charge in [-0.25, -0.2) is 23.5 Å².